The first kappa shape index (κ1) is 24.9. The number of sulfonamides is 1. The van der Waals surface area contributed by atoms with Gasteiger partial charge >= 0.3 is 0 Å². The van der Waals surface area contributed by atoms with Gasteiger partial charge in [0.15, 0.2) is 0 Å². The van der Waals surface area contributed by atoms with Crippen LogP contribution < -0.4 is 20.5 Å². The van der Waals surface area contributed by atoms with Gasteiger partial charge in [-0.15, -0.1) is 0 Å². The Bertz CT molecular complexity index is 1530. The third-order valence-electron chi connectivity index (χ3n) is 5.82. The van der Waals surface area contributed by atoms with E-state index in [-0.39, 0.29) is 22.6 Å². The van der Waals surface area contributed by atoms with E-state index in [4.69, 9.17) is 9.88 Å². The number of methoxy groups -OCH3 is 1. The summed E-state index contributed by atoms with van der Waals surface area (Å²) >= 11 is 0. The molecule has 0 heterocycles. The molecular formula is C27H25N3O5S. The lowest BCUT2D eigenvalue weighted by Gasteiger charge is -2.14. The van der Waals surface area contributed by atoms with Gasteiger partial charge < -0.3 is 15.4 Å². The lowest BCUT2D eigenvalue weighted by molar-refractivity contribution is -0.117. The van der Waals surface area contributed by atoms with E-state index in [0.29, 0.717) is 16.9 Å². The molecule has 0 fully saturated rings. The number of primary sulfonamides is 1. The molecule has 0 radical (unpaired) electrons. The van der Waals surface area contributed by atoms with Crippen molar-refractivity contribution in [3.8, 4) is 5.75 Å². The average Bonchev–Trinajstić information content (AvgIpc) is 2.87. The molecule has 4 aromatic rings. The highest BCUT2D eigenvalue weighted by molar-refractivity contribution is 7.89. The zero-order valence-electron chi connectivity index (χ0n) is 19.7. The van der Waals surface area contributed by atoms with Crippen molar-refractivity contribution in [1.29, 1.82) is 0 Å². The number of anilines is 2. The minimum absolute atomic E-state index is 0.0428. The van der Waals surface area contributed by atoms with Crippen LogP contribution in [0.3, 0.4) is 0 Å². The van der Waals surface area contributed by atoms with Crippen LogP contribution in [0.5, 0.6) is 5.75 Å². The molecule has 0 saturated heterocycles. The summed E-state index contributed by atoms with van der Waals surface area (Å²) in [6.45, 7) is 1.84. The molecule has 9 heteroatoms. The second-order valence-corrected chi connectivity index (χ2v) is 9.85. The predicted molar refractivity (Wildman–Crippen MR) is 140 cm³/mol. The van der Waals surface area contributed by atoms with Gasteiger partial charge in [-0.05, 0) is 83.9 Å². The summed E-state index contributed by atoms with van der Waals surface area (Å²) in [6, 6.07) is 23.7. The number of amides is 2. The van der Waals surface area contributed by atoms with Crippen molar-refractivity contribution in [2.75, 3.05) is 17.7 Å². The summed E-state index contributed by atoms with van der Waals surface area (Å²) in [7, 11) is -2.18. The van der Waals surface area contributed by atoms with Crippen molar-refractivity contribution < 1.29 is 22.7 Å². The molecule has 4 aromatic carbocycles. The molecular weight excluding hydrogens is 478 g/mol. The van der Waals surface area contributed by atoms with E-state index in [9.17, 15) is 18.0 Å². The minimum atomic E-state index is -3.80. The van der Waals surface area contributed by atoms with Crippen molar-refractivity contribution in [2.24, 2.45) is 5.14 Å². The molecule has 4 rings (SSSR count). The zero-order valence-corrected chi connectivity index (χ0v) is 20.5. The van der Waals surface area contributed by atoms with Gasteiger partial charge in [0, 0.05) is 16.9 Å². The van der Waals surface area contributed by atoms with Crippen molar-refractivity contribution in [1.82, 2.24) is 0 Å². The number of rotatable bonds is 7. The molecule has 0 bridgehead atoms. The molecule has 0 aromatic heterocycles. The molecule has 1 atom stereocenters. The maximum absolute atomic E-state index is 12.8. The number of hydrogen-bond donors (Lipinski definition) is 3. The van der Waals surface area contributed by atoms with Crippen molar-refractivity contribution in [3.05, 3.63) is 96.1 Å². The zero-order chi connectivity index (χ0) is 25.9. The fraction of sp³-hybridized carbons (Fsp3) is 0.111. The maximum Gasteiger partial charge on any atom is 0.255 e. The van der Waals surface area contributed by atoms with Crippen LogP contribution in [0.15, 0.2) is 89.8 Å². The molecule has 184 valence electrons. The number of fused-ring (bicyclic) bond motifs is 1. The third-order valence-corrected chi connectivity index (χ3v) is 6.75. The molecule has 36 heavy (non-hydrogen) atoms. The molecule has 0 aliphatic rings. The van der Waals surface area contributed by atoms with Crippen LogP contribution in [0.2, 0.25) is 0 Å². The molecule has 0 spiro atoms. The van der Waals surface area contributed by atoms with E-state index in [2.05, 4.69) is 10.6 Å². The highest BCUT2D eigenvalue weighted by atomic mass is 32.2. The van der Waals surface area contributed by atoms with E-state index >= 15 is 0 Å². The first-order valence-electron chi connectivity index (χ1n) is 11.1. The second kappa shape index (κ2) is 10.2. The van der Waals surface area contributed by atoms with Gasteiger partial charge in [-0.2, -0.15) is 0 Å². The van der Waals surface area contributed by atoms with E-state index in [0.717, 1.165) is 22.1 Å². The Morgan fingerprint density at radius 1 is 0.806 bits per heavy atom. The molecule has 2 amide bonds. The molecule has 0 aliphatic heterocycles. The minimum Gasteiger partial charge on any atom is -0.497 e. The molecule has 0 aliphatic carbocycles. The maximum atomic E-state index is 12.8. The van der Waals surface area contributed by atoms with Gasteiger partial charge in [-0.1, -0.05) is 24.3 Å². The van der Waals surface area contributed by atoms with Gasteiger partial charge in [0.05, 0.1) is 17.9 Å². The largest absolute Gasteiger partial charge is 0.497 e. The van der Waals surface area contributed by atoms with Crippen LogP contribution in [-0.2, 0) is 14.8 Å². The Kier molecular flexibility index (Phi) is 7.05. The number of nitrogens with one attached hydrogen (secondary N) is 2. The second-order valence-electron chi connectivity index (χ2n) is 8.28. The predicted octanol–water partition coefficient (Wildman–Crippen LogP) is 4.49. The number of nitrogens with two attached hydrogens (primary N) is 1. The summed E-state index contributed by atoms with van der Waals surface area (Å²) < 4.78 is 28.0. The normalized spacial score (nSPS) is 12.1. The van der Waals surface area contributed by atoms with Crippen LogP contribution in [0.4, 0.5) is 11.4 Å². The van der Waals surface area contributed by atoms with E-state index < -0.39 is 10.0 Å². The van der Waals surface area contributed by atoms with Gasteiger partial charge in [0.2, 0.25) is 15.9 Å². The fourth-order valence-corrected chi connectivity index (χ4v) is 4.19. The van der Waals surface area contributed by atoms with E-state index in [1.54, 1.807) is 31.4 Å². The van der Waals surface area contributed by atoms with Crippen LogP contribution in [0.1, 0.15) is 28.8 Å². The van der Waals surface area contributed by atoms with Crippen LogP contribution >= 0.6 is 0 Å². The fourth-order valence-electron chi connectivity index (χ4n) is 3.68. The van der Waals surface area contributed by atoms with E-state index in [1.807, 2.05) is 43.3 Å². The number of benzene rings is 4. The standard InChI is InChI=1S/C27H25N3O5S/c1-17(19-3-4-21-16-24(35-2)12-7-20(21)15-19)26(31)29-22-8-5-18(6-9-22)27(32)30-23-10-13-25(14-11-23)36(28,33)34/h3-17H,1-2H3,(H,29,31)(H,30,32)(H2,28,33,34). The van der Waals surface area contributed by atoms with Crippen molar-refractivity contribution >= 4 is 44.0 Å². The van der Waals surface area contributed by atoms with Crippen LogP contribution in [-0.4, -0.2) is 27.3 Å². The summed E-state index contributed by atoms with van der Waals surface area (Å²) in [5.41, 5.74) is 2.25. The smallest absolute Gasteiger partial charge is 0.255 e. The van der Waals surface area contributed by atoms with Crippen LogP contribution in [0.25, 0.3) is 10.8 Å². The Hall–Kier alpha value is -4.21. The van der Waals surface area contributed by atoms with E-state index in [1.165, 1.54) is 24.3 Å². The number of ether oxygens (including phenoxy) is 1. The summed E-state index contributed by atoms with van der Waals surface area (Å²) in [5.74, 6) is -0.162. The lowest BCUT2D eigenvalue weighted by Crippen LogP contribution is -2.19. The Morgan fingerprint density at radius 2 is 1.39 bits per heavy atom. The molecule has 0 saturated carbocycles. The first-order chi connectivity index (χ1) is 17.1. The monoisotopic (exact) mass is 503 g/mol. The number of carbonyl (C=O) groups excluding carboxylic acids is 2. The summed E-state index contributed by atoms with van der Waals surface area (Å²) in [4.78, 5) is 25.3. The molecule has 8 nitrogen and oxygen atoms in total. The number of carbonyl (C=O) groups is 2. The molecule has 1 unspecified atom stereocenters. The van der Waals surface area contributed by atoms with Gasteiger partial charge in [-0.25, -0.2) is 13.6 Å². The van der Waals surface area contributed by atoms with Gasteiger partial charge in [-0.3, -0.25) is 9.59 Å². The third kappa shape index (κ3) is 5.70. The summed E-state index contributed by atoms with van der Waals surface area (Å²) in [5, 5.41) is 12.7. The van der Waals surface area contributed by atoms with Crippen molar-refractivity contribution in [3.63, 3.8) is 0 Å². The summed E-state index contributed by atoms with van der Waals surface area (Å²) in [6.07, 6.45) is 0. The van der Waals surface area contributed by atoms with Gasteiger partial charge in [0.1, 0.15) is 5.75 Å². The average molecular weight is 504 g/mol. The van der Waals surface area contributed by atoms with Crippen molar-refractivity contribution in [2.45, 2.75) is 17.7 Å². The topological polar surface area (TPSA) is 128 Å². The van der Waals surface area contributed by atoms with Crippen LogP contribution in [0, 0.1) is 0 Å². The first-order valence-corrected chi connectivity index (χ1v) is 12.6. The lowest BCUT2D eigenvalue weighted by atomic mass is 9.97. The number of hydrogen-bond acceptors (Lipinski definition) is 5. The SMILES string of the molecule is COc1ccc2cc(C(C)C(=O)Nc3ccc(C(=O)Nc4ccc(S(N)(=O)=O)cc4)cc3)ccc2c1. The Morgan fingerprint density at radius 3 is 2.03 bits per heavy atom. The highest BCUT2D eigenvalue weighted by Gasteiger charge is 2.16. The Balaban J connectivity index is 1.39. The molecule has 4 N–H and O–H groups in total. The Labute approximate surface area is 209 Å². The highest BCUT2D eigenvalue weighted by Crippen LogP contribution is 2.26. The van der Waals surface area contributed by atoms with Gasteiger partial charge in [0.25, 0.3) is 5.91 Å². The quantitative estimate of drug-likeness (QED) is 0.342.